The normalized spacial score (nSPS) is 13.9. The second-order valence-corrected chi connectivity index (χ2v) is 10.5. The van der Waals surface area contributed by atoms with Crippen molar-refractivity contribution in [3.63, 3.8) is 0 Å². The maximum absolute atomic E-state index is 12.9. The summed E-state index contributed by atoms with van der Waals surface area (Å²) in [5, 5.41) is 5.36. The molecule has 1 fully saturated rings. The summed E-state index contributed by atoms with van der Waals surface area (Å²) in [5.41, 5.74) is 3.70. The number of thioether (sulfide) groups is 1. The first-order chi connectivity index (χ1) is 19.7. The Hall–Kier alpha value is -4.28. The fourth-order valence-electron chi connectivity index (χ4n) is 3.91. The molecular formula is C30H28ClN3O6S. The van der Waals surface area contributed by atoms with Crippen LogP contribution in [0.3, 0.4) is 0 Å². The molecule has 11 heteroatoms. The first-order valence-electron chi connectivity index (χ1n) is 12.7. The minimum absolute atomic E-state index is 0.158. The molecule has 3 aromatic carbocycles. The highest BCUT2D eigenvalue weighted by atomic mass is 35.5. The van der Waals surface area contributed by atoms with Gasteiger partial charge in [-0.25, -0.2) is 0 Å². The minimum atomic E-state index is -0.583. The second kappa shape index (κ2) is 13.4. The van der Waals surface area contributed by atoms with Gasteiger partial charge in [0.25, 0.3) is 17.1 Å². The lowest BCUT2D eigenvalue weighted by molar-refractivity contribution is -0.127. The summed E-state index contributed by atoms with van der Waals surface area (Å²) in [4.78, 5) is 51.4. The summed E-state index contributed by atoms with van der Waals surface area (Å²) < 4.78 is 11.1. The van der Waals surface area contributed by atoms with Crippen molar-refractivity contribution >= 4 is 63.8 Å². The van der Waals surface area contributed by atoms with E-state index in [1.807, 2.05) is 24.3 Å². The maximum atomic E-state index is 12.9. The number of hydrogen-bond acceptors (Lipinski definition) is 7. The molecule has 0 spiro atoms. The van der Waals surface area contributed by atoms with Crippen molar-refractivity contribution in [3.8, 4) is 11.5 Å². The van der Waals surface area contributed by atoms with Crippen LogP contribution in [0.25, 0.3) is 6.08 Å². The van der Waals surface area contributed by atoms with Crippen LogP contribution in [-0.2, 0) is 20.8 Å². The highest BCUT2D eigenvalue weighted by Gasteiger charge is 2.36. The number of nitrogens with zero attached hydrogens (tertiary/aromatic N) is 1. The SMILES string of the molecule is CCc1ccc(NC(=O)COc2ccc(/C=C3\SC(=O)N(CC(=O)Nc4cc(Cl)ccc4C)C3=O)cc2OC)cc1. The summed E-state index contributed by atoms with van der Waals surface area (Å²) in [6.07, 6.45) is 2.44. The van der Waals surface area contributed by atoms with Gasteiger partial charge in [0.1, 0.15) is 6.54 Å². The van der Waals surface area contributed by atoms with E-state index in [2.05, 4.69) is 17.6 Å². The molecule has 212 valence electrons. The molecule has 4 amide bonds. The second-order valence-electron chi connectivity index (χ2n) is 9.07. The first kappa shape index (κ1) is 29.7. The van der Waals surface area contributed by atoms with Crippen molar-refractivity contribution in [3.05, 3.63) is 87.3 Å². The Labute approximate surface area is 246 Å². The number of nitrogens with one attached hydrogen (secondary N) is 2. The highest BCUT2D eigenvalue weighted by molar-refractivity contribution is 8.18. The summed E-state index contributed by atoms with van der Waals surface area (Å²) in [6, 6.07) is 17.5. The van der Waals surface area contributed by atoms with Gasteiger partial charge in [-0.3, -0.25) is 24.1 Å². The number of benzene rings is 3. The molecule has 4 rings (SSSR count). The summed E-state index contributed by atoms with van der Waals surface area (Å²) in [6.45, 7) is 3.19. The van der Waals surface area contributed by atoms with E-state index in [4.69, 9.17) is 21.1 Å². The molecule has 1 saturated heterocycles. The molecule has 9 nitrogen and oxygen atoms in total. The number of hydrogen-bond donors (Lipinski definition) is 2. The van der Waals surface area contributed by atoms with Crippen molar-refractivity contribution in [2.24, 2.45) is 0 Å². The average molecular weight is 594 g/mol. The van der Waals surface area contributed by atoms with E-state index in [1.165, 1.54) is 18.7 Å². The molecule has 0 unspecified atom stereocenters. The van der Waals surface area contributed by atoms with Gasteiger partial charge in [0.15, 0.2) is 18.1 Å². The third-order valence-electron chi connectivity index (χ3n) is 6.14. The Morgan fingerprint density at radius 3 is 2.44 bits per heavy atom. The standard InChI is InChI=1S/C30H28ClN3O6S/c1-4-19-6-10-22(11-7-19)32-28(36)17-40-24-12-8-20(13-25(24)39-3)14-26-29(37)34(30(38)41-26)16-27(35)33-23-15-21(31)9-5-18(23)2/h5-15H,4,16-17H2,1-3H3,(H,32,36)(H,33,35)/b26-14-. The third-order valence-corrected chi connectivity index (χ3v) is 7.28. The molecule has 1 aliphatic rings. The molecule has 2 N–H and O–H groups in total. The summed E-state index contributed by atoms with van der Waals surface area (Å²) >= 11 is 6.74. The summed E-state index contributed by atoms with van der Waals surface area (Å²) in [5.74, 6) is -0.759. The monoisotopic (exact) mass is 593 g/mol. The van der Waals surface area contributed by atoms with Crippen molar-refractivity contribution < 1.29 is 28.7 Å². The molecule has 0 bridgehead atoms. The van der Waals surface area contributed by atoms with Crippen molar-refractivity contribution in [2.45, 2.75) is 20.3 Å². The van der Waals surface area contributed by atoms with Crippen LogP contribution < -0.4 is 20.1 Å². The predicted octanol–water partition coefficient (Wildman–Crippen LogP) is 5.91. The lowest BCUT2D eigenvalue weighted by Crippen LogP contribution is -2.36. The minimum Gasteiger partial charge on any atom is -0.493 e. The molecule has 41 heavy (non-hydrogen) atoms. The Bertz CT molecular complexity index is 1520. The number of rotatable bonds is 10. The molecule has 0 saturated carbocycles. The molecular weight excluding hydrogens is 566 g/mol. The van der Waals surface area contributed by atoms with E-state index in [0.717, 1.165) is 28.6 Å². The number of anilines is 2. The van der Waals surface area contributed by atoms with E-state index in [-0.39, 0.29) is 17.4 Å². The van der Waals surface area contributed by atoms with Crippen molar-refractivity contribution in [1.82, 2.24) is 4.90 Å². The van der Waals surface area contributed by atoms with Gasteiger partial charge in [0.05, 0.1) is 12.0 Å². The van der Waals surface area contributed by atoms with Crippen molar-refractivity contribution in [2.75, 3.05) is 30.9 Å². The van der Waals surface area contributed by atoms with Crippen LogP contribution >= 0.6 is 23.4 Å². The highest BCUT2D eigenvalue weighted by Crippen LogP contribution is 2.34. The number of aryl methyl sites for hydroxylation is 2. The zero-order valence-electron chi connectivity index (χ0n) is 22.7. The smallest absolute Gasteiger partial charge is 0.294 e. The number of imide groups is 1. The Kier molecular flexibility index (Phi) is 9.69. The van der Waals surface area contributed by atoms with E-state index >= 15 is 0 Å². The molecule has 1 aliphatic heterocycles. The molecule has 0 aromatic heterocycles. The summed E-state index contributed by atoms with van der Waals surface area (Å²) in [7, 11) is 1.45. The van der Waals surface area contributed by atoms with E-state index in [9.17, 15) is 19.2 Å². The number of amides is 4. The van der Waals surface area contributed by atoms with Gasteiger partial charge in [-0.05, 0) is 84.3 Å². The number of halogens is 1. The molecule has 1 heterocycles. The zero-order valence-corrected chi connectivity index (χ0v) is 24.2. The Morgan fingerprint density at radius 1 is 0.976 bits per heavy atom. The molecule has 0 atom stereocenters. The van der Waals surface area contributed by atoms with Crippen LogP contribution in [0.5, 0.6) is 11.5 Å². The van der Waals surface area contributed by atoms with Crippen molar-refractivity contribution in [1.29, 1.82) is 0 Å². The fourth-order valence-corrected chi connectivity index (χ4v) is 4.92. The quantitative estimate of drug-likeness (QED) is 0.281. The van der Waals surface area contributed by atoms with Gasteiger partial charge in [-0.15, -0.1) is 0 Å². The Balaban J connectivity index is 1.37. The van der Waals surface area contributed by atoms with E-state index < -0.39 is 23.6 Å². The molecule has 0 aliphatic carbocycles. The van der Waals surface area contributed by atoms with Gasteiger partial charge in [-0.2, -0.15) is 0 Å². The third kappa shape index (κ3) is 7.68. The predicted molar refractivity (Wildman–Crippen MR) is 160 cm³/mol. The van der Waals surface area contributed by atoms with Crippen LogP contribution in [0.4, 0.5) is 16.2 Å². The van der Waals surface area contributed by atoms with Gasteiger partial charge >= 0.3 is 0 Å². The van der Waals surface area contributed by atoms with Crippen LogP contribution in [0.15, 0.2) is 65.6 Å². The van der Waals surface area contributed by atoms with Crippen LogP contribution in [0.1, 0.15) is 23.6 Å². The van der Waals surface area contributed by atoms with Gasteiger partial charge in [0, 0.05) is 16.4 Å². The number of carbonyl (C=O) groups is 4. The van der Waals surface area contributed by atoms with Crippen LogP contribution in [-0.4, -0.2) is 48.1 Å². The average Bonchev–Trinajstić information content (AvgIpc) is 3.21. The number of carbonyl (C=O) groups excluding carboxylic acids is 4. The van der Waals surface area contributed by atoms with E-state index in [1.54, 1.807) is 43.3 Å². The number of ether oxygens (including phenoxy) is 2. The molecule has 3 aromatic rings. The lowest BCUT2D eigenvalue weighted by atomic mass is 10.1. The topological polar surface area (TPSA) is 114 Å². The number of methoxy groups -OCH3 is 1. The molecule has 0 radical (unpaired) electrons. The largest absolute Gasteiger partial charge is 0.493 e. The van der Waals surface area contributed by atoms with Gasteiger partial charge in [-0.1, -0.05) is 42.8 Å². The van der Waals surface area contributed by atoms with Crippen LogP contribution in [0, 0.1) is 6.92 Å². The maximum Gasteiger partial charge on any atom is 0.294 e. The lowest BCUT2D eigenvalue weighted by Gasteiger charge is -2.14. The van der Waals surface area contributed by atoms with Gasteiger partial charge in [0.2, 0.25) is 5.91 Å². The Morgan fingerprint density at radius 2 is 1.73 bits per heavy atom. The zero-order chi connectivity index (χ0) is 29.5. The van der Waals surface area contributed by atoms with Gasteiger partial charge < -0.3 is 20.1 Å². The van der Waals surface area contributed by atoms with E-state index in [0.29, 0.717) is 33.5 Å². The van der Waals surface area contributed by atoms with Crippen LogP contribution in [0.2, 0.25) is 5.02 Å². The fraction of sp³-hybridized carbons (Fsp3) is 0.200. The first-order valence-corrected chi connectivity index (χ1v) is 13.9.